The van der Waals surface area contributed by atoms with Crippen molar-refractivity contribution >= 4 is 34.9 Å². The van der Waals surface area contributed by atoms with E-state index >= 15 is 0 Å². The molecule has 0 spiro atoms. The minimum Gasteiger partial charge on any atom is -0.488 e. The van der Waals surface area contributed by atoms with Gasteiger partial charge in [0.1, 0.15) is 6.61 Å². The number of hydrogen-bond acceptors (Lipinski definition) is 9. The lowest BCUT2D eigenvalue weighted by atomic mass is 10.1. The number of likely N-dealkylation sites (N-methyl/N-ethyl adjacent to an activating group) is 1. The second-order valence-corrected chi connectivity index (χ2v) is 8.68. The lowest BCUT2D eigenvalue weighted by molar-refractivity contribution is -0.124. The molecule has 0 aliphatic carbocycles. The normalized spacial score (nSPS) is 12.0. The van der Waals surface area contributed by atoms with Gasteiger partial charge in [-0.05, 0) is 66.1 Å². The summed E-state index contributed by atoms with van der Waals surface area (Å²) in [5.41, 5.74) is 8.46. The van der Waals surface area contributed by atoms with Crippen molar-refractivity contribution in [2.75, 3.05) is 44.9 Å². The Morgan fingerprint density at radius 1 is 1.31 bits per heavy atom. The van der Waals surface area contributed by atoms with E-state index in [1.165, 1.54) is 6.21 Å². The lowest BCUT2D eigenvalue weighted by Crippen LogP contribution is -2.33. The average Bonchev–Trinajstić information content (AvgIpc) is 2.82. The fraction of sp³-hybridized carbons (Fsp3) is 0.385. The molecule has 5 N–H and O–H groups in total. The van der Waals surface area contributed by atoms with Crippen molar-refractivity contribution < 1.29 is 14.3 Å². The first-order chi connectivity index (χ1) is 17.1. The zero-order valence-electron chi connectivity index (χ0n) is 21.9. The monoisotopic (exact) mass is 495 g/mol. The fourth-order valence-corrected chi connectivity index (χ4v) is 3.04. The third-order valence-electron chi connectivity index (χ3n) is 4.86. The van der Waals surface area contributed by atoms with Gasteiger partial charge in [-0.3, -0.25) is 4.79 Å². The van der Waals surface area contributed by atoms with E-state index in [1.54, 1.807) is 31.3 Å². The summed E-state index contributed by atoms with van der Waals surface area (Å²) in [6, 6.07) is 5.35. The molecular weight excluding hydrogens is 458 g/mol. The minimum absolute atomic E-state index is 0.0467. The number of rotatable bonds is 13. The first kappa shape index (κ1) is 28.3. The van der Waals surface area contributed by atoms with Crippen LogP contribution in [-0.2, 0) is 9.53 Å². The summed E-state index contributed by atoms with van der Waals surface area (Å²) < 4.78 is 11.5. The highest BCUT2D eigenvalue weighted by Gasteiger charge is 2.13. The van der Waals surface area contributed by atoms with Crippen LogP contribution in [0, 0.1) is 5.41 Å². The van der Waals surface area contributed by atoms with Crippen LogP contribution in [0.15, 0.2) is 42.3 Å². The van der Waals surface area contributed by atoms with Crippen LogP contribution >= 0.6 is 0 Å². The highest BCUT2D eigenvalue weighted by atomic mass is 16.5. The van der Waals surface area contributed by atoms with Crippen molar-refractivity contribution in [3.8, 4) is 5.75 Å². The smallest absolute Gasteiger partial charge is 0.258 e. The van der Waals surface area contributed by atoms with Crippen molar-refractivity contribution in [1.82, 2.24) is 20.2 Å². The SMILES string of the molecule is C/C=C(\C=C(/C)OCC(=O)NC(C)C)c1ncc(OCCN(C)C)c(Nc2ccc(N)c(C=N)c2)n1. The summed E-state index contributed by atoms with van der Waals surface area (Å²) in [4.78, 5) is 23.1. The van der Waals surface area contributed by atoms with Crippen molar-refractivity contribution in [2.45, 2.75) is 33.7 Å². The summed E-state index contributed by atoms with van der Waals surface area (Å²) in [6.07, 6.45) is 6.47. The predicted molar refractivity (Wildman–Crippen MR) is 145 cm³/mol. The molecule has 0 fully saturated rings. The Hall–Kier alpha value is -3.92. The molecule has 2 aromatic rings. The number of carbonyl (C=O) groups excluding carboxylic acids is 1. The summed E-state index contributed by atoms with van der Waals surface area (Å²) in [5, 5.41) is 13.6. The summed E-state index contributed by atoms with van der Waals surface area (Å²) >= 11 is 0. The highest BCUT2D eigenvalue weighted by molar-refractivity contribution is 5.87. The van der Waals surface area contributed by atoms with Crippen LogP contribution in [0.2, 0.25) is 0 Å². The average molecular weight is 496 g/mol. The lowest BCUT2D eigenvalue weighted by Gasteiger charge is -2.16. The maximum atomic E-state index is 11.9. The van der Waals surface area contributed by atoms with E-state index in [4.69, 9.17) is 25.6 Å². The third kappa shape index (κ3) is 9.03. The molecule has 1 amide bonds. The maximum Gasteiger partial charge on any atom is 0.258 e. The number of anilines is 3. The molecule has 0 bridgehead atoms. The zero-order chi connectivity index (χ0) is 26.7. The van der Waals surface area contributed by atoms with Crippen LogP contribution in [0.4, 0.5) is 17.2 Å². The van der Waals surface area contributed by atoms with Crippen LogP contribution in [0.5, 0.6) is 5.75 Å². The topological polar surface area (TPSA) is 138 Å². The van der Waals surface area contributed by atoms with Gasteiger partial charge in [0.15, 0.2) is 24.0 Å². The number of benzene rings is 1. The van der Waals surface area contributed by atoms with Gasteiger partial charge in [-0.25, -0.2) is 9.97 Å². The van der Waals surface area contributed by atoms with Gasteiger partial charge >= 0.3 is 0 Å². The molecule has 0 radical (unpaired) electrons. The van der Waals surface area contributed by atoms with Crippen molar-refractivity contribution in [2.24, 2.45) is 0 Å². The van der Waals surface area contributed by atoms with E-state index in [2.05, 4.69) is 15.6 Å². The number of nitrogens with zero attached hydrogens (tertiary/aromatic N) is 3. The van der Waals surface area contributed by atoms with Gasteiger partial charge in [0, 0.05) is 41.3 Å². The molecule has 0 aliphatic heterocycles. The van der Waals surface area contributed by atoms with Gasteiger partial charge in [-0.2, -0.15) is 0 Å². The standard InChI is InChI=1S/C26H37N7O3/c1-7-19(12-18(4)36-16-24(34)30-17(2)3)25-29-15-23(35-11-10-33(5)6)26(32-25)31-21-8-9-22(28)20(13-21)14-27/h7-9,12-15,17,27H,10-11,16,28H2,1-6H3,(H,30,34)(H,29,31,32)/b18-12+,19-7+,27-14?. The quantitative estimate of drug-likeness (QED) is 0.143. The number of nitrogen functional groups attached to an aromatic ring is 1. The van der Waals surface area contributed by atoms with E-state index < -0.39 is 0 Å². The van der Waals surface area contributed by atoms with Gasteiger partial charge in [-0.1, -0.05) is 6.08 Å². The summed E-state index contributed by atoms with van der Waals surface area (Å²) in [5.74, 6) is 1.79. The van der Waals surface area contributed by atoms with Gasteiger partial charge < -0.3 is 36.2 Å². The van der Waals surface area contributed by atoms with E-state index in [-0.39, 0.29) is 18.6 Å². The molecule has 194 valence electrons. The van der Waals surface area contributed by atoms with E-state index in [0.29, 0.717) is 46.7 Å². The molecule has 0 saturated carbocycles. The largest absolute Gasteiger partial charge is 0.488 e. The van der Waals surface area contributed by atoms with Crippen LogP contribution in [0.25, 0.3) is 5.57 Å². The van der Waals surface area contributed by atoms with Crippen LogP contribution in [-0.4, -0.2) is 66.9 Å². The summed E-state index contributed by atoms with van der Waals surface area (Å²) in [7, 11) is 3.94. The Balaban J connectivity index is 2.31. The highest BCUT2D eigenvalue weighted by Crippen LogP contribution is 2.28. The van der Waals surface area contributed by atoms with Gasteiger partial charge in [0.05, 0.1) is 12.0 Å². The van der Waals surface area contributed by atoms with E-state index in [0.717, 1.165) is 12.1 Å². The van der Waals surface area contributed by atoms with Crippen molar-refractivity contribution in [3.63, 3.8) is 0 Å². The molecule has 10 nitrogen and oxygen atoms in total. The number of ether oxygens (including phenoxy) is 2. The summed E-state index contributed by atoms with van der Waals surface area (Å²) in [6.45, 7) is 8.55. The molecule has 36 heavy (non-hydrogen) atoms. The molecule has 0 saturated heterocycles. The molecule has 0 atom stereocenters. The van der Waals surface area contributed by atoms with Crippen molar-refractivity contribution in [3.05, 3.63) is 53.7 Å². The fourth-order valence-electron chi connectivity index (χ4n) is 3.04. The maximum absolute atomic E-state index is 11.9. The van der Waals surface area contributed by atoms with Crippen LogP contribution in [0.3, 0.4) is 0 Å². The number of aromatic nitrogens is 2. The van der Waals surface area contributed by atoms with Gasteiger partial charge in [-0.15, -0.1) is 0 Å². The third-order valence-corrected chi connectivity index (χ3v) is 4.86. The number of amides is 1. The number of nitrogens with two attached hydrogens (primary N) is 1. The molecule has 1 aromatic heterocycles. The Bertz CT molecular complexity index is 1110. The second kappa shape index (κ2) is 13.8. The Labute approximate surface area is 213 Å². The van der Waals surface area contributed by atoms with Gasteiger partial charge in [0.2, 0.25) is 0 Å². The van der Waals surface area contributed by atoms with Gasteiger partial charge in [0.25, 0.3) is 5.91 Å². The molecule has 10 heteroatoms. The molecule has 0 unspecified atom stereocenters. The second-order valence-electron chi connectivity index (χ2n) is 8.68. The Kier molecular flexibility index (Phi) is 10.9. The molecular formula is C26H37N7O3. The first-order valence-corrected chi connectivity index (χ1v) is 11.7. The number of allylic oxidation sites excluding steroid dienone is 4. The Morgan fingerprint density at radius 2 is 2.06 bits per heavy atom. The zero-order valence-corrected chi connectivity index (χ0v) is 21.9. The van der Waals surface area contributed by atoms with Crippen molar-refractivity contribution in [1.29, 1.82) is 5.41 Å². The number of hydrogen-bond donors (Lipinski definition) is 4. The number of nitrogens with one attached hydrogen (secondary N) is 3. The molecule has 1 aromatic carbocycles. The Morgan fingerprint density at radius 3 is 2.69 bits per heavy atom. The van der Waals surface area contributed by atoms with E-state index in [9.17, 15) is 4.79 Å². The predicted octanol–water partition coefficient (Wildman–Crippen LogP) is 3.59. The first-order valence-electron chi connectivity index (χ1n) is 11.7. The molecule has 1 heterocycles. The van der Waals surface area contributed by atoms with Crippen LogP contribution in [0.1, 0.15) is 39.1 Å². The minimum atomic E-state index is -0.186. The van der Waals surface area contributed by atoms with E-state index in [1.807, 2.05) is 51.9 Å². The van der Waals surface area contributed by atoms with Crippen LogP contribution < -0.4 is 21.1 Å². The molecule has 2 rings (SSSR count). The molecule has 0 aliphatic rings. The number of carbonyl (C=O) groups is 1.